The van der Waals surface area contributed by atoms with Crippen LogP contribution in [0.15, 0.2) is 12.3 Å². The zero-order valence-electron chi connectivity index (χ0n) is 7.61. The second kappa shape index (κ2) is 4.67. The standard InChI is InChI=1S/C8H9ClF3N3/c9-5-1-6(10)7(14-2-5)15-4-8(11,12)3-13/h1-2H,3-4,13H2,(H,14,15). The third kappa shape index (κ3) is 3.56. The quantitative estimate of drug-likeness (QED) is 0.844. The molecule has 3 nitrogen and oxygen atoms in total. The average Bonchev–Trinajstić information content (AvgIpc) is 2.16. The van der Waals surface area contributed by atoms with Gasteiger partial charge < -0.3 is 11.1 Å². The lowest BCUT2D eigenvalue weighted by atomic mass is 10.3. The minimum absolute atomic E-state index is 0.101. The molecule has 0 aliphatic rings. The molecule has 7 heteroatoms. The SMILES string of the molecule is NCC(F)(F)CNc1ncc(Cl)cc1F. The van der Waals surface area contributed by atoms with Crippen LogP contribution >= 0.6 is 11.6 Å². The van der Waals surface area contributed by atoms with Gasteiger partial charge in [0.1, 0.15) is 0 Å². The van der Waals surface area contributed by atoms with Crippen LogP contribution in [0.5, 0.6) is 0 Å². The minimum atomic E-state index is -3.09. The molecular weight excluding hydrogens is 231 g/mol. The van der Waals surface area contributed by atoms with E-state index >= 15 is 0 Å². The van der Waals surface area contributed by atoms with E-state index in [9.17, 15) is 13.2 Å². The monoisotopic (exact) mass is 239 g/mol. The predicted molar refractivity (Wildman–Crippen MR) is 51.7 cm³/mol. The Labute approximate surface area is 89.4 Å². The number of nitrogens with two attached hydrogens (primary N) is 1. The van der Waals surface area contributed by atoms with Crippen molar-refractivity contribution in [3.05, 3.63) is 23.1 Å². The predicted octanol–water partition coefficient (Wildman–Crippen LogP) is 1.88. The number of anilines is 1. The lowest BCUT2D eigenvalue weighted by Gasteiger charge is -2.15. The van der Waals surface area contributed by atoms with Gasteiger partial charge in [-0.1, -0.05) is 11.6 Å². The summed E-state index contributed by atoms with van der Waals surface area (Å²) >= 11 is 5.44. The molecule has 0 fully saturated rings. The fourth-order valence-corrected chi connectivity index (χ4v) is 0.974. The molecule has 0 bridgehead atoms. The number of hydrogen-bond acceptors (Lipinski definition) is 3. The number of hydrogen-bond donors (Lipinski definition) is 2. The maximum atomic E-state index is 13.0. The van der Waals surface area contributed by atoms with Crippen LogP contribution in [-0.4, -0.2) is 24.0 Å². The summed E-state index contributed by atoms with van der Waals surface area (Å²) in [6.07, 6.45) is 1.16. The summed E-state index contributed by atoms with van der Waals surface area (Å²) in [6.45, 7) is -1.58. The Balaban J connectivity index is 2.66. The van der Waals surface area contributed by atoms with Gasteiger partial charge in [-0.2, -0.15) is 0 Å². The van der Waals surface area contributed by atoms with Gasteiger partial charge in [-0.25, -0.2) is 18.2 Å². The molecule has 0 atom stereocenters. The van der Waals surface area contributed by atoms with Crippen molar-refractivity contribution >= 4 is 17.4 Å². The zero-order valence-corrected chi connectivity index (χ0v) is 8.36. The highest BCUT2D eigenvalue weighted by atomic mass is 35.5. The molecule has 3 N–H and O–H groups in total. The maximum absolute atomic E-state index is 13.0. The van der Waals surface area contributed by atoms with Crippen LogP contribution in [0.4, 0.5) is 19.0 Å². The van der Waals surface area contributed by atoms with E-state index in [0.29, 0.717) is 0 Å². The second-order valence-electron chi connectivity index (χ2n) is 2.90. The molecule has 15 heavy (non-hydrogen) atoms. The van der Waals surface area contributed by atoms with Gasteiger partial charge in [-0.3, -0.25) is 0 Å². The Morgan fingerprint density at radius 3 is 2.73 bits per heavy atom. The van der Waals surface area contributed by atoms with Crippen LogP contribution in [0.2, 0.25) is 5.02 Å². The number of aromatic nitrogens is 1. The van der Waals surface area contributed by atoms with Crippen molar-refractivity contribution in [2.45, 2.75) is 5.92 Å². The molecule has 1 rings (SSSR count). The van der Waals surface area contributed by atoms with Crippen LogP contribution in [-0.2, 0) is 0 Å². The largest absolute Gasteiger partial charge is 0.362 e. The van der Waals surface area contributed by atoms with Crippen LogP contribution in [0.1, 0.15) is 0 Å². The van der Waals surface area contributed by atoms with Gasteiger partial charge >= 0.3 is 0 Å². The van der Waals surface area contributed by atoms with Crippen molar-refractivity contribution in [3.63, 3.8) is 0 Å². The second-order valence-corrected chi connectivity index (χ2v) is 3.33. The number of nitrogens with zero attached hydrogens (tertiary/aromatic N) is 1. The highest BCUT2D eigenvalue weighted by molar-refractivity contribution is 6.30. The molecule has 0 amide bonds. The molecule has 0 aliphatic carbocycles. The molecule has 1 aromatic rings. The van der Waals surface area contributed by atoms with Crippen LogP contribution in [0.3, 0.4) is 0 Å². The molecule has 0 radical (unpaired) electrons. The van der Waals surface area contributed by atoms with Gasteiger partial charge in [0.15, 0.2) is 11.6 Å². The van der Waals surface area contributed by atoms with E-state index in [1.165, 1.54) is 0 Å². The smallest absolute Gasteiger partial charge is 0.276 e. The Bertz CT molecular complexity index is 346. The molecule has 0 unspecified atom stereocenters. The first-order valence-corrected chi connectivity index (χ1v) is 4.45. The van der Waals surface area contributed by atoms with Crippen molar-refractivity contribution in [3.8, 4) is 0 Å². The van der Waals surface area contributed by atoms with Gasteiger partial charge in [0.25, 0.3) is 5.92 Å². The maximum Gasteiger partial charge on any atom is 0.276 e. The topological polar surface area (TPSA) is 50.9 Å². The number of halogens is 4. The molecule has 0 saturated carbocycles. The van der Waals surface area contributed by atoms with Crippen molar-refractivity contribution < 1.29 is 13.2 Å². The normalized spacial score (nSPS) is 11.5. The first kappa shape index (κ1) is 12.1. The fraction of sp³-hybridized carbons (Fsp3) is 0.375. The third-order valence-corrected chi connectivity index (χ3v) is 1.83. The number of pyridine rings is 1. The van der Waals surface area contributed by atoms with E-state index in [1.54, 1.807) is 0 Å². The molecule has 1 aromatic heterocycles. The lowest BCUT2D eigenvalue weighted by Crippen LogP contribution is -2.35. The Hall–Kier alpha value is -1.01. The molecule has 0 spiro atoms. The average molecular weight is 240 g/mol. The number of nitrogens with one attached hydrogen (secondary N) is 1. The highest BCUT2D eigenvalue weighted by Crippen LogP contribution is 2.17. The highest BCUT2D eigenvalue weighted by Gasteiger charge is 2.26. The van der Waals surface area contributed by atoms with Crippen molar-refractivity contribution in [2.24, 2.45) is 5.73 Å². The van der Waals surface area contributed by atoms with E-state index in [0.717, 1.165) is 12.3 Å². The summed E-state index contributed by atoms with van der Waals surface area (Å²) in [4.78, 5) is 3.52. The van der Waals surface area contributed by atoms with E-state index < -0.39 is 24.8 Å². The number of alkyl halides is 2. The summed E-state index contributed by atoms with van der Waals surface area (Å²) in [6, 6.07) is 0.984. The fourth-order valence-electron chi connectivity index (χ4n) is 0.830. The molecule has 1 heterocycles. The summed E-state index contributed by atoms with van der Waals surface area (Å²) in [5, 5.41) is 2.26. The molecular formula is C8H9ClF3N3. The molecule has 0 aromatic carbocycles. The van der Waals surface area contributed by atoms with Gasteiger partial charge in [0, 0.05) is 6.20 Å². The number of rotatable bonds is 4. The van der Waals surface area contributed by atoms with Crippen LogP contribution in [0, 0.1) is 5.82 Å². The van der Waals surface area contributed by atoms with E-state index in [2.05, 4.69) is 10.3 Å². The first-order valence-electron chi connectivity index (χ1n) is 4.07. The molecule has 0 aliphatic heterocycles. The molecule has 0 saturated heterocycles. The summed E-state index contributed by atoms with van der Waals surface area (Å²) in [5.41, 5.74) is 4.81. The van der Waals surface area contributed by atoms with E-state index in [-0.39, 0.29) is 10.8 Å². The first-order chi connectivity index (χ1) is 6.94. The third-order valence-electron chi connectivity index (χ3n) is 1.62. The van der Waals surface area contributed by atoms with E-state index in [1.807, 2.05) is 0 Å². The Kier molecular flexibility index (Phi) is 3.76. The van der Waals surface area contributed by atoms with Crippen molar-refractivity contribution in [1.82, 2.24) is 4.98 Å². The van der Waals surface area contributed by atoms with Gasteiger partial charge in [-0.15, -0.1) is 0 Å². The van der Waals surface area contributed by atoms with Crippen LogP contribution < -0.4 is 11.1 Å². The van der Waals surface area contributed by atoms with Crippen molar-refractivity contribution in [2.75, 3.05) is 18.4 Å². The van der Waals surface area contributed by atoms with Gasteiger partial charge in [-0.05, 0) is 6.07 Å². The summed E-state index contributed by atoms with van der Waals surface area (Å²) in [5.74, 6) is -4.14. The summed E-state index contributed by atoms with van der Waals surface area (Å²) in [7, 11) is 0. The summed E-state index contributed by atoms with van der Waals surface area (Å²) < 4.78 is 38.4. The zero-order chi connectivity index (χ0) is 11.5. The van der Waals surface area contributed by atoms with E-state index in [4.69, 9.17) is 17.3 Å². The van der Waals surface area contributed by atoms with Gasteiger partial charge in [0.2, 0.25) is 0 Å². The Morgan fingerprint density at radius 2 is 2.20 bits per heavy atom. The minimum Gasteiger partial charge on any atom is -0.362 e. The van der Waals surface area contributed by atoms with Gasteiger partial charge in [0.05, 0.1) is 18.1 Å². The van der Waals surface area contributed by atoms with Crippen LogP contribution in [0.25, 0.3) is 0 Å². The molecule has 84 valence electrons. The Morgan fingerprint density at radius 1 is 1.53 bits per heavy atom. The lowest BCUT2D eigenvalue weighted by molar-refractivity contribution is 0.0252. The van der Waals surface area contributed by atoms with Crippen molar-refractivity contribution in [1.29, 1.82) is 0 Å².